The molecule has 0 aliphatic carbocycles. The van der Waals surface area contributed by atoms with Crippen LogP contribution in [0.2, 0.25) is 0 Å². The van der Waals surface area contributed by atoms with Crippen LogP contribution in [0.1, 0.15) is 11.1 Å². The first-order chi connectivity index (χ1) is 11.0. The van der Waals surface area contributed by atoms with Crippen LogP contribution in [0, 0.1) is 11.6 Å². The summed E-state index contributed by atoms with van der Waals surface area (Å²) in [5, 5.41) is -0.452. The molecule has 0 spiro atoms. The van der Waals surface area contributed by atoms with Gasteiger partial charge in [0.2, 0.25) is 0 Å². The zero-order valence-corrected chi connectivity index (χ0v) is 12.6. The molecule has 0 unspecified atom stereocenters. The maximum Gasteiger partial charge on any atom is 0.293 e. The number of imide groups is 1. The lowest BCUT2D eigenvalue weighted by atomic mass is 10.2. The molecule has 1 aliphatic heterocycles. The number of carbonyl (C=O) groups excluding carboxylic acids is 2. The average molecular weight is 331 g/mol. The monoisotopic (exact) mass is 331 g/mol. The lowest BCUT2D eigenvalue weighted by Gasteiger charge is -2.12. The number of benzene rings is 2. The lowest BCUT2D eigenvalue weighted by molar-refractivity contribution is -0.123. The Kier molecular flexibility index (Phi) is 4.25. The molecule has 0 aromatic heterocycles. The second-order valence-electron chi connectivity index (χ2n) is 4.91. The third-order valence-electron chi connectivity index (χ3n) is 3.33. The highest BCUT2D eigenvalue weighted by molar-refractivity contribution is 8.18. The van der Waals surface area contributed by atoms with Crippen LogP contribution in [0.4, 0.5) is 13.6 Å². The van der Waals surface area contributed by atoms with Crippen LogP contribution in [-0.2, 0) is 11.3 Å². The number of hydrogen-bond acceptors (Lipinski definition) is 3. The quantitative estimate of drug-likeness (QED) is 0.791. The van der Waals surface area contributed by atoms with Crippen molar-refractivity contribution >= 4 is 29.0 Å². The number of carbonyl (C=O) groups is 2. The smallest absolute Gasteiger partial charge is 0.268 e. The highest BCUT2D eigenvalue weighted by atomic mass is 32.2. The summed E-state index contributed by atoms with van der Waals surface area (Å²) in [5.74, 6) is -1.32. The maximum absolute atomic E-state index is 13.7. The highest BCUT2D eigenvalue weighted by Crippen LogP contribution is 2.33. The second-order valence-corrected chi connectivity index (χ2v) is 5.90. The molecule has 1 saturated heterocycles. The summed E-state index contributed by atoms with van der Waals surface area (Å²) in [6.45, 7) is -0.113. The molecule has 23 heavy (non-hydrogen) atoms. The Labute approximate surface area is 135 Å². The Morgan fingerprint density at radius 1 is 1.00 bits per heavy atom. The predicted molar refractivity (Wildman–Crippen MR) is 84.3 cm³/mol. The number of hydrogen-bond donors (Lipinski definition) is 0. The Hall–Kier alpha value is -2.47. The molecule has 3 rings (SSSR count). The number of thioether (sulfide) groups is 1. The molecule has 1 aliphatic rings. The minimum Gasteiger partial charge on any atom is -0.268 e. The van der Waals surface area contributed by atoms with Gasteiger partial charge in [-0.15, -0.1) is 0 Å². The number of rotatable bonds is 3. The molecule has 2 aromatic carbocycles. The van der Waals surface area contributed by atoms with Crippen molar-refractivity contribution in [3.63, 3.8) is 0 Å². The highest BCUT2D eigenvalue weighted by Gasteiger charge is 2.35. The van der Waals surface area contributed by atoms with Crippen LogP contribution >= 0.6 is 11.8 Å². The van der Waals surface area contributed by atoms with Crippen molar-refractivity contribution in [1.29, 1.82) is 0 Å². The molecule has 0 N–H and O–H groups in total. The standard InChI is InChI=1S/C17H11F2NO2S/c18-13-7-5-11(6-8-13)9-15-16(21)20(17(22)23-15)10-12-3-1-2-4-14(12)19/h1-9H,10H2/b15-9+. The van der Waals surface area contributed by atoms with E-state index < -0.39 is 17.0 Å². The summed E-state index contributed by atoms with van der Waals surface area (Å²) in [6.07, 6.45) is 1.52. The summed E-state index contributed by atoms with van der Waals surface area (Å²) in [6, 6.07) is 11.6. The molecule has 0 atom stereocenters. The predicted octanol–water partition coefficient (Wildman–Crippen LogP) is 4.20. The van der Waals surface area contributed by atoms with Gasteiger partial charge in [-0.2, -0.15) is 0 Å². The van der Waals surface area contributed by atoms with E-state index in [2.05, 4.69) is 0 Å². The third-order valence-corrected chi connectivity index (χ3v) is 4.24. The minimum absolute atomic E-state index is 0.113. The Bertz CT molecular complexity index is 802. The Morgan fingerprint density at radius 3 is 2.39 bits per heavy atom. The van der Waals surface area contributed by atoms with Gasteiger partial charge >= 0.3 is 0 Å². The number of halogens is 2. The van der Waals surface area contributed by atoms with E-state index in [1.165, 1.54) is 42.5 Å². The fraction of sp³-hybridized carbons (Fsp3) is 0.0588. The fourth-order valence-electron chi connectivity index (χ4n) is 2.14. The minimum atomic E-state index is -0.479. The maximum atomic E-state index is 13.7. The summed E-state index contributed by atoms with van der Waals surface area (Å²) in [7, 11) is 0. The third kappa shape index (κ3) is 3.32. The first-order valence-corrected chi connectivity index (χ1v) is 7.60. The zero-order valence-electron chi connectivity index (χ0n) is 11.8. The first kappa shape index (κ1) is 15.4. The van der Waals surface area contributed by atoms with Crippen molar-refractivity contribution in [2.24, 2.45) is 0 Å². The van der Waals surface area contributed by atoms with Crippen LogP contribution in [0.5, 0.6) is 0 Å². The molecular weight excluding hydrogens is 320 g/mol. The molecule has 1 heterocycles. The molecule has 2 aromatic rings. The SMILES string of the molecule is O=C1S/C(=C/c2ccc(F)cc2)C(=O)N1Cc1ccccc1F. The van der Waals surface area contributed by atoms with Crippen LogP contribution in [0.25, 0.3) is 6.08 Å². The topological polar surface area (TPSA) is 37.4 Å². The van der Waals surface area contributed by atoms with E-state index in [1.807, 2.05) is 0 Å². The van der Waals surface area contributed by atoms with Crippen LogP contribution in [0.15, 0.2) is 53.4 Å². The van der Waals surface area contributed by atoms with E-state index >= 15 is 0 Å². The molecule has 3 nitrogen and oxygen atoms in total. The molecule has 0 radical (unpaired) electrons. The van der Waals surface area contributed by atoms with Gasteiger partial charge in [-0.1, -0.05) is 30.3 Å². The lowest BCUT2D eigenvalue weighted by Crippen LogP contribution is -2.27. The van der Waals surface area contributed by atoms with E-state index in [1.54, 1.807) is 12.1 Å². The van der Waals surface area contributed by atoms with Gasteiger partial charge in [-0.25, -0.2) is 8.78 Å². The normalized spacial score (nSPS) is 16.4. The van der Waals surface area contributed by atoms with E-state index in [0.717, 1.165) is 16.7 Å². The second kappa shape index (κ2) is 6.34. The van der Waals surface area contributed by atoms with Crippen LogP contribution in [-0.4, -0.2) is 16.0 Å². The van der Waals surface area contributed by atoms with Gasteiger partial charge in [0.1, 0.15) is 11.6 Å². The fourth-order valence-corrected chi connectivity index (χ4v) is 2.98. The molecule has 116 valence electrons. The van der Waals surface area contributed by atoms with E-state index in [4.69, 9.17) is 0 Å². The van der Waals surface area contributed by atoms with Crippen molar-refractivity contribution in [3.8, 4) is 0 Å². The Balaban J connectivity index is 1.82. The largest absolute Gasteiger partial charge is 0.293 e. The molecule has 6 heteroatoms. The van der Waals surface area contributed by atoms with Gasteiger partial charge in [-0.05, 0) is 41.6 Å². The summed E-state index contributed by atoms with van der Waals surface area (Å²) in [5.41, 5.74) is 0.889. The van der Waals surface area contributed by atoms with Gasteiger partial charge in [0.15, 0.2) is 0 Å². The van der Waals surface area contributed by atoms with Gasteiger partial charge in [0.25, 0.3) is 11.1 Å². The van der Waals surface area contributed by atoms with Crippen molar-refractivity contribution in [2.45, 2.75) is 6.54 Å². The molecule has 0 bridgehead atoms. The zero-order chi connectivity index (χ0) is 16.4. The van der Waals surface area contributed by atoms with E-state index in [-0.39, 0.29) is 22.8 Å². The Morgan fingerprint density at radius 2 is 1.70 bits per heavy atom. The van der Waals surface area contributed by atoms with Gasteiger partial charge in [0.05, 0.1) is 11.4 Å². The van der Waals surface area contributed by atoms with Crippen molar-refractivity contribution in [2.75, 3.05) is 0 Å². The van der Waals surface area contributed by atoms with Crippen molar-refractivity contribution in [1.82, 2.24) is 4.90 Å². The van der Waals surface area contributed by atoms with Crippen molar-refractivity contribution in [3.05, 3.63) is 76.2 Å². The average Bonchev–Trinajstić information content (AvgIpc) is 2.79. The van der Waals surface area contributed by atoms with E-state index in [9.17, 15) is 18.4 Å². The molecule has 0 saturated carbocycles. The number of amides is 2. The number of nitrogens with zero attached hydrogens (tertiary/aromatic N) is 1. The van der Waals surface area contributed by atoms with Gasteiger partial charge < -0.3 is 0 Å². The molecule has 2 amide bonds. The van der Waals surface area contributed by atoms with Gasteiger partial charge in [0, 0.05) is 5.56 Å². The van der Waals surface area contributed by atoms with Crippen LogP contribution in [0.3, 0.4) is 0 Å². The summed E-state index contributed by atoms with van der Waals surface area (Å²) >= 11 is 0.788. The van der Waals surface area contributed by atoms with Gasteiger partial charge in [-0.3, -0.25) is 14.5 Å². The van der Waals surface area contributed by atoms with Crippen molar-refractivity contribution < 1.29 is 18.4 Å². The molecular formula is C17H11F2NO2S. The van der Waals surface area contributed by atoms with Crippen LogP contribution < -0.4 is 0 Å². The summed E-state index contributed by atoms with van der Waals surface area (Å²) < 4.78 is 26.6. The molecule has 1 fully saturated rings. The first-order valence-electron chi connectivity index (χ1n) is 6.79. The van der Waals surface area contributed by atoms with E-state index in [0.29, 0.717) is 5.56 Å². The summed E-state index contributed by atoms with van der Waals surface area (Å²) in [4.78, 5) is 25.6.